The van der Waals surface area contributed by atoms with E-state index in [9.17, 15) is 9.59 Å². The molecule has 3 rings (SSSR count). The highest BCUT2D eigenvalue weighted by Crippen LogP contribution is 2.28. The van der Waals surface area contributed by atoms with Gasteiger partial charge in [-0.05, 0) is 56.7 Å². The maximum Gasteiger partial charge on any atom is 0.338 e. The van der Waals surface area contributed by atoms with E-state index in [1.54, 1.807) is 43.7 Å². The lowest BCUT2D eigenvalue weighted by molar-refractivity contribution is 0.0378. The minimum atomic E-state index is -0.415. The first-order valence-electron chi connectivity index (χ1n) is 9.16. The highest BCUT2D eigenvalue weighted by atomic mass is 16.5. The molecule has 0 fully saturated rings. The van der Waals surface area contributed by atoms with Crippen LogP contribution in [0.25, 0.3) is 11.0 Å². The van der Waals surface area contributed by atoms with E-state index in [1.165, 1.54) is 0 Å². The van der Waals surface area contributed by atoms with Crippen molar-refractivity contribution < 1.29 is 19.0 Å². The van der Waals surface area contributed by atoms with Crippen LogP contribution in [0.2, 0.25) is 0 Å². The summed E-state index contributed by atoms with van der Waals surface area (Å²) in [6, 6.07) is 10.6. The van der Waals surface area contributed by atoms with Gasteiger partial charge in [-0.2, -0.15) is 0 Å². The Kier molecular flexibility index (Phi) is 5.73. The molecule has 28 heavy (non-hydrogen) atoms. The molecule has 1 aromatic heterocycles. The molecule has 0 aliphatic rings. The van der Waals surface area contributed by atoms with Crippen LogP contribution in [0.1, 0.15) is 36.7 Å². The van der Waals surface area contributed by atoms with Crippen molar-refractivity contribution in [3.8, 4) is 11.5 Å². The molecule has 0 spiro atoms. The Hall–Kier alpha value is -3.22. The number of imidazole rings is 1. The molecule has 7 heteroatoms. The van der Waals surface area contributed by atoms with Gasteiger partial charge in [-0.25, -0.2) is 9.59 Å². The molecule has 0 saturated carbocycles. The smallest absolute Gasteiger partial charge is 0.338 e. The van der Waals surface area contributed by atoms with Crippen LogP contribution >= 0.6 is 0 Å². The number of nitrogens with zero attached hydrogens (tertiary/aromatic N) is 1. The Bertz CT molecular complexity index is 1050. The number of rotatable bonds is 7. The van der Waals surface area contributed by atoms with Crippen LogP contribution in [0.3, 0.4) is 0 Å². The summed E-state index contributed by atoms with van der Waals surface area (Å²) in [6.45, 7) is 6.36. The molecule has 2 aromatic carbocycles. The van der Waals surface area contributed by atoms with Crippen molar-refractivity contribution in [1.29, 1.82) is 0 Å². The number of ether oxygens (including phenoxy) is 3. The van der Waals surface area contributed by atoms with Crippen molar-refractivity contribution in [2.24, 2.45) is 0 Å². The topological polar surface area (TPSA) is 82.6 Å². The molecule has 1 N–H and O–H groups in total. The summed E-state index contributed by atoms with van der Waals surface area (Å²) in [7, 11) is 1.59. The molecule has 0 saturated heterocycles. The predicted octanol–water partition coefficient (Wildman–Crippen LogP) is 3.35. The lowest BCUT2D eigenvalue weighted by Gasteiger charge is -2.11. The van der Waals surface area contributed by atoms with Crippen LogP contribution in [0.5, 0.6) is 11.5 Å². The van der Waals surface area contributed by atoms with Gasteiger partial charge in [0.05, 0.1) is 43.0 Å². The van der Waals surface area contributed by atoms with Crippen molar-refractivity contribution in [3.05, 3.63) is 58.0 Å². The van der Waals surface area contributed by atoms with Crippen LogP contribution in [-0.2, 0) is 11.3 Å². The third kappa shape index (κ3) is 4.03. The zero-order valence-electron chi connectivity index (χ0n) is 16.4. The molecule has 0 unspecified atom stereocenters. The van der Waals surface area contributed by atoms with Gasteiger partial charge in [0, 0.05) is 0 Å². The first-order valence-corrected chi connectivity index (χ1v) is 9.16. The molecule has 0 aliphatic heterocycles. The van der Waals surface area contributed by atoms with E-state index in [0.717, 1.165) is 5.56 Å². The average molecular weight is 384 g/mol. The number of benzene rings is 2. The number of H-pyrrole nitrogens is 1. The number of aromatic amines is 1. The highest BCUT2D eigenvalue weighted by molar-refractivity contribution is 5.93. The lowest BCUT2D eigenvalue weighted by atomic mass is 10.1. The fourth-order valence-electron chi connectivity index (χ4n) is 3.00. The second-order valence-electron chi connectivity index (χ2n) is 6.62. The molecule has 3 aromatic rings. The second kappa shape index (κ2) is 8.21. The standard InChI is InChI=1S/C21H24N2O5/c1-5-27-19-10-14(6-9-18(19)26-4)12-23-17-8-7-15(20(24)28-13(2)3)11-16(17)22-21(23)25/h6-11,13H,5,12H2,1-4H3,(H,22,25). The van der Waals surface area contributed by atoms with E-state index in [1.807, 2.05) is 25.1 Å². The van der Waals surface area contributed by atoms with Crippen molar-refractivity contribution >= 4 is 17.0 Å². The molecule has 0 amide bonds. The second-order valence-corrected chi connectivity index (χ2v) is 6.62. The summed E-state index contributed by atoms with van der Waals surface area (Å²) in [6.07, 6.45) is -0.207. The molecule has 148 valence electrons. The predicted molar refractivity (Wildman–Crippen MR) is 106 cm³/mol. The number of hydrogen-bond donors (Lipinski definition) is 1. The zero-order chi connectivity index (χ0) is 20.3. The van der Waals surface area contributed by atoms with Gasteiger partial charge < -0.3 is 19.2 Å². The highest BCUT2D eigenvalue weighted by Gasteiger charge is 2.14. The Morgan fingerprint density at radius 3 is 2.61 bits per heavy atom. The Morgan fingerprint density at radius 1 is 1.14 bits per heavy atom. The molecule has 1 heterocycles. The Morgan fingerprint density at radius 2 is 1.93 bits per heavy atom. The van der Waals surface area contributed by atoms with Gasteiger partial charge >= 0.3 is 11.7 Å². The van der Waals surface area contributed by atoms with Crippen LogP contribution in [-0.4, -0.2) is 35.3 Å². The number of carbonyl (C=O) groups is 1. The van der Waals surface area contributed by atoms with E-state index in [4.69, 9.17) is 14.2 Å². The lowest BCUT2D eigenvalue weighted by Crippen LogP contribution is -2.17. The van der Waals surface area contributed by atoms with E-state index in [-0.39, 0.29) is 11.8 Å². The first-order chi connectivity index (χ1) is 13.4. The minimum absolute atomic E-state index is 0.207. The fraction of sp³-hybridized carbons (Fsp3) is 0.333. The normalized spacial score (nSPS) is 11.0. The molecular formula is C21H24N2O5. The molecule has 0 bridgehead atoms. The van der Waals surface area contributed by atoms with E-state index in [2.05, 4.69) is 4.98 Å². The molecule has 7 nitrogen and oxygen atoms in total. The van der Waals surface area contributed by atoms with Crippen molar-refractivity contribution in [2.45, 2.75) is 33.4 Å². The number of fused-ring (bicyclic) bond motifs is 1. The maximum atomic E-state index is 12.5. The number of hydrogen-bond acceptors (Lipinski definition) is 5. The maximum absolute atomic E-state index is 12.5. The largest absolute Gasteiger partial charge is 0.493 e. The third-order valence-electron chi connectivity index (χ3n) is 4.22. The third-order valence-corrected chi connectivity index (χ3v) is 4.22. The summed E-state index contributed by atoms with van der Waals surface area (Å²) >= 11 is 0. The number of carbonyl (C=O) groups excluding carboxylic acids is 1. The molecule has 0 radical (unpaired) electrons. The van der Waals surface area contributed by atoms with Crippen LogP contribution in [0, 0.1) is 0 Å². The summed E-state index contributed by atoms with van der Waals surface area (Å²) in [5.74, 6) is 0.862. The van der Waals surface area contributed by atoms with Gasteiger partial charge in [0.25, 0.3) is 0 Å². The van der Waals surface area contributed by atoms with Crippen LogP contribution in [0.15, 0.2) is 41.2 Å². The van der Waals surface area contributed by atoms with Gasteiger partial charge in [-0.3, -0.25) is 4.57 Å². The number of nitrogens with one attached hydrogen (secondary N) is 1. The quantitative estimate of drug-likeness (QED) is 0.632. The van der Waals surface area contributed by atoms with Crippen molar-refractivity contribution in [2.75, 3.05) is 13.7 Å². The Balaban J connectivity index is 1.94. The molecule has 0 atom stereocenters. The van der Waals surface area contributed by atoms with Crippen molar-refractivity contribution in [3.63, 3.8) is 0 Å². The van der Waals surface area contributed by atoms with E-state index < -0.39 is 5.97 Å². The fourth-order valence-corrected chi connectivity index (χ4v) is 3.00. The first kappa shape index (κ1) is 19.5. The van der Waals surface area contributed by atoms with Gasteiger partial charge in [0.1, 0.15) is 0 Å². The zero-order valence-corrected chi connectivity index (χ0v) is 16.4. The molecular weight excluding hydrogens is 360 g/mol. The summed E-state index contributed by atoms with van der Waals surface area (Å²) < 4.78 is 17.7. The number of esters is 1. The van der Waals surface area contributed by atoms with Gasteiger partial charge in [-0.1, -0.05) is 6.07 Å². The minimum Gasteiger partial charge on any atom is -0.493 e. The Labute approximate surface area is 162 Å². The van der Waals surface area contributed by atoms with Gasteiger partial charge in [0.15, 0.2) is 11.5 Å². The molecule has 0 aliphatic carbocycles. The monoisotopic (exact) mass is 384 g/mol. The van der Waals surface area contributed by atoms with Gasteiger partial charge in [0.2, 0.25) is 0 Å². The number of aromatic nitrogens is 2. The van der Waals surface area contributed by atoms with Gasteiger partial charge in [-0.15, -0.1) is 0 Å². The SMILES string of the molecule is CCOc1cc(Cn2c(=O)[nH]c3cc(C(=O)OC(C)C)ccc32)ccc1OC. The number of methoxy groups -OCH3 is 1. The van der Waals surface area contributed by atoms with Crippen LogP contribution in [0.4, 0.5) is 0 Å². The van der Waals surface area contributed by atoms with Crippen LogP contribution < -0.4 is 15.2 Å². The van der Waals surface area contributed by atoms with E-state index in [0.29, 0.717) is 41.2 Å². The van der Waals surface area contributed by atoms with Crippen molar-refractivity contribution in [1.82, 2.24) is 9.55 Å². The summed E-state index contributed by atoms with van der Waals surface area (Å²) in [5, 5.41) is 0. The van der Waals surface area contributed by atoms with E-state index >= 15 is 0 Å². The average Bonchev–Trinajstić information content (AvgIpc) is 2.96. The summed E-state index contributed by atoms with van der Waals surface area (Å²) in [4.78, 5) is 27.4. The summed E-state index contributed by atoms with van der Waals surface area (Å²) in [5.41, 5.74) is 2.34.